The molecule has 1 aliphatic heterocycles. The van der Waals surface area contributed by atoms with E-state index in [0.29, 0.717) is 12.2 Å². The van der Waals surface area contributed by atoms with Crippen LogP contribution in [0.2, 0.25) is 0 Å². The van der Waals surface area contributed by atoms with Crippen molar-refractivity contribution < 1.29 is 37.7 Å². The third-order valence-electron chi connectivity index (χ3n) is 3.22. The number of nitrogens with zero attached hydrogens (tertiary/aromatic N) is 1. The van der Waals surface area contributed by atoms with Crippen molar-refractivity contribution in [3.05, 3.63) is 17.8 Å². The molecule has 0 radical (unpaired) electrons. The first kappa shape index (κ1) is 17.9. The predicted octanol–water partition coefficient (Wildman–Crippen LogP) is 1.06. The fourth-order valence-corrected chi connectivity index (χ4v) is 2.34. The molecule has 24 heavy (non-hydrogen) atoms. The minimum absolute atomic E-state index is 0.143. The Morgan fingerprint density at radius 2 is 1.62 bits per heavy atom. The molecule has 4 atom stereocenters. The normalized spacial score (nSPS) is 26.0. The van der Waals surface area contributed by atoms with E-state index in [1.807, 2.05) is 6.92 Å². The first-order chi connectivity index (χ1) is 11.3. The Bertz CT molecular complexity index is 625. The average Bonchev–Trinajstić information content (AvgIpc) is 3.05. The predicted molar refractivity (Wildman–Crippen MR) is 76.4 cm³/mol. The van der Waals surface area contributed by atoms with E-state index in [4.69, 9.17) is 23.4 Å². The third-order valence-corrected chi connectivity index (χ3v) is 3.22. The van der Waals surface area contributed by atoms with Gasteiger partial charge < -0.3 is 23.4 Å². The number of carbonyl (C=O) groups excluding carboxylic acids is 3. The highest BCUT2D eigenvalue weighted by atomic mass is 16.7. The van der Waals surface area contributed by atoms with Crippen LogP contribution in [0.5, 0.6) is 0 Å². The number of hydrogen-bond donors (Lipinski definition) is 0. The molecule has 2 heterocycles. The molecule has 0 spiro atoms. The van der Waals surface area contributed by atoms with E-state index >= 15 is 0 Å². The Morgan fingerprint density at radius 3 is 2.12 bits per heavy atom. The molecule has 1 saturated heterocycles. The Morgan fingerprint density at radius 1 is 1.04 bits per heavy atom. The van der Waals surface area contributed by atoms with Gasteiger partial charge in [0.25, 0.3) is 0 Å². The second-order valence-electron chi connectivity index (χ2n) is 5.20. The minimum atomic E-state index is -1.24. The summed E-state index contributed by atoms with van der Waals surface area (Å²) in [7, 11) is 0. The van der Waals surface area contributed by atoms with Crippen LogP contribution in [0.1, 0.15) is 45.4 Å². The van der Waals surface area contributed by atoms with Gasteiger partial charge in [-0.2, -0.15) is 0 Å². The zero-order chi connectivity index (χ0) is 17.9. The summed E-state index contributed by atoms with van der Waals surface area (Å²) in [6, 6.07) is 0. The zero-order valence-corrected chi connectivity index (χ0v) is 13.8. The molecule has 0 unspecified atom stereocenters. The van der Waals surface area contributed by atoms with Crippen molar-refractivity contribution in [1.82, 2.24) is 4.98 Å². The highest BCUT2D eigenvalue weighted by Gasteiger charge is 2.53. The van der Waals surface area contributed by atoms with Crippen LogP contribution in [-0.4, -0.2) is 41.4 Å². The number of oxazole rings is 1. The van der Waals surface area contributed by atoms with Crippen LogP contribution < -0.4 is 0 Å². The molecular formula is C15H19NO8. The van der Waals surface area contributed by atoms with Crippen LogP contribution in [0.15, 0.2) is 10.6 Å². The van der Waals surface area contributed by atoms with Gasteiger partial charge in [-0.3, -0.25) is 14.4 Å². The Labute approximate surface area is 138 Å². The quantitative estimate of drug-likeness (QED) is 0.572. The summed E-state index contributed by atoms with van der Waals surface area (Å²) in [4.78, 5) is 38.1. The summed E-state index contributed by atoms with van der Waals surface area (Å²) >= 11 is 0. The van der Waals surface area contributed by atoms with E-state index in [-0.39, 0.29) is 5.89 Å². The van der Waals surface area contributed by atoms with Crippen LogP contribution in [-0.2, 0) is 39.8 Å². The van der Waals surface area contributed by atoms with Crippen molar-refractivity contribution in [3.8, 4) is 0 Å². The Balaban J connectivity index is 2.34. The highest BCUT2D eigenvalue weighted by Crippen LogP contribution is 2.37. The number of rotatable bonds is 5. The Kier molecular flexibility index (Phi) is 5.55. The standard InChI is InChI=1S/C15H19NO8/c1-5-10-6-16-14(23-10)12-11(20-7(2)17)13(21-8(3)18)15(24-12)22-9(4)19/h6,11-13,15H,5H2,1-4H3/t11-,12-,13+,15+/m0/s1. The van der Waals surface area contributed by atoms with Crippen molar-refractivity contribution in [3.63, 3.8) is 0 Å². The van der Waals surface area contributed by atoms with Gasteiger partial charge in [-0.25, -0.2) is 4.98 Å². The van der Waals surface area contributed by atoms with E-state index < -0.39 is 42.5 Å². The van der Waals surface area contributed by atoms with Crippen molar-refractivity contribution in [2.24, 2.45) is 0 Å². The van der Waals surface area contributed by atoms with Crippen LogP contribution in [0.25, 0.3) is 0 Å². The van der Waals surface area contributed by atoms with Gasteiger partial charge in [-0.05, 0) is 0 Å². The topological polar surface area (TPSA) is 114 Å². The van der Waals surface area contributed by atoms with E-state index in [9.17, 15) is 14.4 Å². The molecule has 132 valence electrons. The first-order valence-electron chi connectivity index (χ1n) is 7.43. The number of aryl methyl sites for hydroxylation is 1. The lowest BCUT2D eigenvalue weighted by Gasteiger charge is -2.22. The smallest absolute Gasteiger partial charge is 0.305 e. The van der Waals surface area contributed by atoms with Gasteiger partial charge in [0, 0.05) is 27.2 Å². The molecule has 2 rings (SSSR count). The molecule has 1 fully saturated rings. The molecule has 1 aliphatic rings. The van der Waals surface area contributed by atoms with Crippen molar-refractivity contribution >= 4 is 17.9 Å². The van der Waals surface area contributed by atoms with E-state index in [1.54, 1.807) is 0 Å². The molecule has 0 bridgehead atoms. The number of aromatic nitrogens is 1. The van der Waals surface area contributed by atoms with Gasteiger partial charge in [0.1, 0.15) is 5.76 Å². The maximum absolute atomic E-state index is 11.4. The molecule has 1 aromatic rings. The Hall–Kier alpha value is -2.42. The molecule has 0 aromatic carbocycles. The molecule has 0 saturated carbocycles. The first-order valence-corrected chi connectivity index (χ1v) is 7.43. The van der Waals surface area contributed by atoms with Gasteiger partial charge >= 0.3 is 17.9 Å². The van der Waals surface area contributed by atoms with Crippen LogP contribution in [0.4, 0.5) is 0 Å². The summed E-state index contributed by atoms with van der Waals surface area (Å²) in [6.45, 7) is 5.45. The summed E-state index contributed by atoms with van der Waals surface area (Å²) in [5.74, 6) is -1.14. The SMILES string of the molecule is CCc1cnc([C@H]2O[C@@H](OC(C)=O)[C@H](OC(C)=O)[C@H]2OC(C)=O)o1. The fourth-order valence-electron chi connectivity index (χ4n) is 2.34. The monoisotopic (exact) mass is 341 g/mol. The summed E-state index contributed by atoms with van der Waals surface area (Å²) in [6.07, 6.45) is -2.26. The number of esters is 3. The lowest BCUT2D eigenvalue weighted by Crippen LogP contribution is -2.39. The van der Waals surface area contributed by atoms with Gasteiger partial charge in [0.15, 0.2) is 12.2 Å². The molecule has 1 aromatic heterocycles. The van der Waals surface area contributed by atoms with Crippen LogP contribution in [0.3, 0.4) is 0 Å². The highest BCUT2D eigenvalue weighted by molar-refractivity contribution is 5.68. The average molecular weight is 341 g/mol. The van der Waals surface area contributed by atoms with Crippen LogP contribution in [0, 0.1) is 0 Å². The largest absolute Gasteiger partial charge is 0.455 e. The second-order valence-corrected chi connectivity index (χ2v) is 5.20. The maximum atomic E-state index is 11.4. The zero-order valence-electron chi connectivity index (χ0n) is 13.8. The van der Waals surface area contributed by atoms with E-state index in [1.165, 1.54) is 27.0 Å². The molecule has 0 aliphatic carbocycles. The van der Waals surface area contributed by atoms with Gasteiger partial charge in [0.2, 0.25) is 18.3 Å². The van der Waals surface area contributed by atoms with E-state index in [0.717, 1.165) is 0 Å². The molecule has 0 amide bonds. The van der Waals surface area contributed by atoms with Crippen molar-refractivity contribution in [2.45, 2.75) is 58.7 Å². The number of hydrogen-bond acceptors (Lipinski definition) is 9. The number of ether oxygens (including phenoxy) is 4. The molecule has 9 heteroatoms. The third kappa shape index (κ3) is 4.10. The molecule has 9 nitrogen and oxygen atoms in total. The van der Waals surface area contributed by atoms with Crippen LogP contribution >= 0.6 is 0 Å². The summed E-state index contributed by atoms with van der Waals surface area (Å²) in [5.41, 5.74) is 0. The number of carbonyl (C=O) groups is 3. The lowest BCUT2D eigenvalue weighted by atomic mass is 10.1. The minimum Gasteiger partial charge on any atom is -0.455 e. The van der Waals surface area contributed by atoms with E-state index in [2.05, 4.69) is 4.98 Å². The summed E-state index contributed by atoms with van der Waals surface area (Å²) < 4.78 is 26.5. The maximum Gasteiger partial charge on any atom is 0.305 e. The lowest BCUT2D eigenvalue weighted by molar-refractivity contribution is -0.196. The summed E-state index contributed by atoms with van der Waals surface area (Å²) in [5, 5.41) is 0. The fraction of sp³-hybridized carbons (Fsp3) is 0.600. The molecule has 0 N–H and O–H groups in total. The van der Waals surface area contributed by atoms with Crippen molar-refractivity contribution in [2.75, 3.05) is 0 Å². The van der Waals surface area contributed by atoms with Gasteiger partial charge in [-0.1, -0.05) is 6.92 Å². The van der Waals surface area contributed by atoms with Gasteiger partial charge in [-0.15, -0.1) is 0 Å². The molecular weight excluding hydrogens is 322 g/mol. The van der Waals surface area contributed by atoms with Crippen molar-refractivity contribution in [1.29, 1.82) is 0 Å². The van der Waals surface area contributed by atoms with Gasteiger partial charge in [0.05, 0.1) is 6.20 Å². The second kappa shape index (κ2) is 7.43.